The summed E-state index contributed by atoms with van der Waals surface area (Å²) >= 11 is 0. The van der Waals surface area contributed by atoms with Gasteiger partial charge in [-0.2, -0.15) is 0 Å². The van der Waals surface area contributed by atoms with Crippen LogP contribution >= 0.6 is 0 Å². The van der Waals surface area contributed by atoms with Crippen molar-refractivity contribution in [2.24, 2.45) is 5.16 Å². The van der Waals surface area contributed by atoms with Crippen LogP contribution in [0.4, 0.5) is 0 Å². The minimum atomic E-state index is -0.838. The van der Waals surface area contributed by atoms with E-state index in [9.17, 15) is 9.32 Å². The van der Waals surface area contributed by atoms with Crippen LogP contribution in [0.1, 0.15) is 36.5 Å². The molecule has 3 atom stereocenters. The molecule has 1 heterocycles. The quantitative estimate of drug-likeness (QED) is 0.840. The largest absolute Gasteiger partial charge is 0.392 e. The molecular weight excluding hydrogens is 346 g/mol. The maximum absolute atomic E-state index is 11.5. The number of hydrogen-bond donors (Lipinski definition) is 1. The van der Waals surface area contributed by atoms with Gasteiger partial charge in [0.05, 0.1) is 12.3 Å². The molecule has 3 unspecified atom stereocenters. The molecule has 5 heteroatoms. The molecule has 3 rings (SSSR count). The smallest absolute Gasteiger partial charge is 0.134 e. The van der Waals surface area contributed by atoms with Gasteiger partial charge in [-0.15, -0.1) is 0 Å². The molecule has 1 aliphatic rings. The van der Waals surface area contributed by atoms with E-state index in [2.05, 4.69) is 36.3 Å². The number of nitrogens with zero attached hydrogens (tertiary/aromatic N) is 1. The Balaban J connectivity index is 1.70. The van der Waals surface area contributed by atoms with E-state index in [4.69, 9.17) is 4.84 Å². The molecule has 0 fully saturated rings. The first-order chi connectivity index (χ1) is 12.5. The minimum absolute atomic E-state index is 0.0110. The molecule has 4 nitrogen and oxygen atoms in total. The van der Waals surface area contributed by atoms with Crippen molar-refractivity contribution in [2.75, 3.05) is 6.26 Å². The van der Waals surface area contributed by atoms with Gasteiger partial charge in [-0.25, -0.2) is 0 Å². The lowest BCUT2D eigenvalue weighted by molar-refractivity contribution is 0.0794. The molecule has 0 bridgehead atoms. The normalized spacial score (nSPS) is 18.9. The molecule has 0 aliphatic carbocycles. The molecule has 0 saturated carbocycles. The van der Waals surface area contributed by atoms with Gasteiger partial charge in [-0.3, -0.25) is 4.21 Å². The Kier molecular flexibility index (Phi) is 5.89. The summed E-state index contributed by atoms with van der Waals surface area (Å²) in [5.41, 5.74) is 6.38. The van der Waals surface area contributed by atoms with E-state index in [1.807, 2.05) is 25.1 Å². The Morgan fingerprint density at radius 1 is 1.23 bits per heavy atom. The predicted molar refractivity (Wildman–Crippen MR) is 107 cm³/mol. The Bertz CT molecular complexity index is 830. The Morgan fingerprint density at radius 2 is 1.92 bits per heavy atom. The Labute approximate surface area is 157 Å². The van der Waals surface area contributed by atoms with E-state index in [1.54, 1.807) is 6.26 Å². The lowest BCUT2D eigenvalue weighted by Gasteiger charge is -2.12. The summed E-state index contributed by atoms with van der Waals surface area (Å²) in [6, 6.07) is 14.3. The maximum Gasteiger partial charge on any atom is 0.134 e. The molecule has 0 aromatic heterocycles. The Hall–Kier alpha value is -1.98. The fraction of sp³-hybridized carbons (Fsp3) is 0.381. The van der Waals surface area contributed by atoms with Gasteiger partial charge in [-0.1, -0.05) is 54.5 Å². The molecule has 0 saturated heterocycles. The van der Waals surface area contributed by atoms with Gasteiger partial charge < -0.3 is 9.94 Å². The summed E-state index contributed by atoms with van der Waals surface area (Å²) < 4.78 is 11.5. The van der Waals surface area contributed by atoms with E-state index < -0.39 is 10.8 Å². The Morgan fingerprint density at radius 3 is 2.54 bits per heavy atom. The fourth-order valence-corrected chi connectivity index (χ4v) is 3.71. The van der Waals surface area contributed by atoms with Crippen LogP contribution in [0, 0.1) is 6.92 Å². The van der Waals surface area contributed by atoms with E-state index >= 15 is 0 Å². The predicted octanol–water partition coefficient (Wildman–Crippen LogP) is 3.80. The van der Waals surface area contributed by atoms with Crippen LogP contribution in [-0.2, 0) is 22.2 Å². The summed E-state index contributed by atoms with van der Waals surface area (Å²) in [6.45, 7) is 4.10. The molecule has 26 heavy (non-hydrogen) atoms. The first-order valence-electron chi connectivity index (χ1n) is 8.84. The third-order valence-corrected chi connectivity index (χ3v) is 6.22. The second-order valence-corrected chi connectivity index (χ2v) is 8.70. The fourth-order valence-electron chi connectivity index (χ4n) is 3.22. The lowest BCUT2D eigenvalue weighted by Crippen LogP contribution is -2.19. The van der Waals surface area contributed by atoms with Gasteiger partial charge in [0.15, 0.2) is 0 Å². The number of rotatable bonds is 6. The second-order valence-electron chi connectivity index (χ2n) is 6.90. The molecule has 0 amide bonds. The van der Waals surface area contributed by atoms with Crippen molar-refractivity contribution in [2.45, 2.75) is 44.6 Å². The van der Waals surface area contributed by atoms with Crippen molar-refractivity contribution in [1.82, 2.24) is 0 Å². The van der Waals surface area contributed by atoms with Gasteiger partial charge in [-0.05, 0) is 34.7 Å². The molecule has 0 radical (unpaired) electrons. The summed E-state index contributed by atoms with van der Waals surface area (Å²) in [5.74, 6) is 0. The lowest BCUT2D eigenvalue weighted by atomic mass is 9.96. The summed E-state index contributed by atoms with van der Waals surface area (Å²) in [6.07, 6.45) is 3.25. The van der Waals surface area contributed by atoms with Crippen molar-refractivity contribution in [3.8, 4) is 11.1 Å². The first-order valence-corrected chi connectivity index (χ1v) is 10.5. The molecular formula is C21H25NO3S. The topological polar surface area (TPSA) is 58.9 Å². The van der Waals surface area contributed by atoms with E-state index in [1.165, 1.54) is 0 Å². The van der Waals surface area contributed by atoms with Crippen LogP contribution in [0.15, 0.2) is 47.6 Å². The highest BCUT2D eigenvalue weighted by Crippen LogP contribution is 2.27. The molecule has 2 aromatic carbocycles. The average molecular weight is 372 g/mol. The van der Waals surface area contributed by atoms with Crippen LogP contribution in [0.25, 0.3) is 11.1 Å². The molecule has 1 N–H and O–H groups in total. The van der Waals surface area contributed by atoms with Crippen LogP contribution in [0.5, 0.6) is 0 Å². The van der Waals surface area contributed by atoms with Crippen LogP contribution < -0.4 is 0 Å². The average Bonchev–Trinajstić information content (AvgIpc) is 3.10. The third kappa shape index (κ3) is 4.22. The number of aliphatic hydroxyl groups is 1. The van der Waals surface area contributed by atoms with Gasteiger partial charge in [0.25, 0.3) is 0 Å². The second kappa shape index (κ2) is 8.14. The van der Waals surface area contributed by atoms with Gasteiger partial charge in [0.1, 0.15) is 6.10 Å². The van der Waals surface area contributed by atoms with Gasteiger partial charge >= 0.3 is 0 Å². The zero-order chi connectivity index (χ0) is 18.7. The van der Waals surface area contributed by atoms with Crippen LogP contribution in [0.3, 0.4) is 0 Å². The first kappa shape index (κ1) is 18.8. The molecule has 1 aliphatic heterocycles. The molecule has 2 aromatic rings. The number of aliphatic hydroxyl groups excluding tert-OH is 1. The van der Waals surface area contributed by atoms with Crippen LogP contribution in [0.2, 0.25) is 0 Å². The highest BCUT2D eigenvalue weighted by Gasteiger charge is 2.25. The van der Waals surface area contributed by atoms with E-state index in [0.29, 0.717) is 0 Å². The highest BCUT2D eigenvalue weighted by atomic mass is 32.2. The monoisotopic (exact) mass is 371 g/mol. The van der Waals surface area contributed by atoms with Crippen molar-refractivity contribution in [1.29, 1.82) is 0 Å². The van der Waals surface area contributed by atoms with E-state index in [0.717, 1.165) is 46.4 Å². The SMILES string of the molecule is Cc1cc(CO)ccc1-c1ccc(C2=NOC(CC(C)S(C)=O)C2)cc1. The van der Waals surface area contributed by atoms with Crippen molar-refractivity contribution in [3.05, 3.63) is 59.2 Å². The minimum Gasteiger partial charge on any atom is -0.392 e. The van der Waals surface area contributed by atoms with Crippen molar-refractivity contribution >= 4 is 16.5 Å². The van der Waals surface area contributed by atoms with Gasteiger partial charge in [0.2, 0.25) is 0 Å². The molecule has 138 valence electrons. The maximum atomic E-state index is 11.5. The summed E-state index contributed by atoms with van der Waals surface area (Å²) in [4.78, 5) is 5.53. The number of benzene rings is 2. The number of hydrogen-bond acceptors (Lipinski definition) is 4. The molecule has 0 spiro atoms. The zero-order valence-corrected chi connectivity index (χ0v) is 16.3. The van der Waals surface area contributed by atoms with Crippen LogP contribution in [-0.4, -0.2) is 32.6 Å². The summed E-state index contributed by atoms with van der Waals surface area (Å²) in [5, 5.41) is 13.6. The highest BCUT2D eigenvalue weighted by molar-refractivity contribution is 7.84. The van der Waals surface area contributed by atoms with E-state index in [-0.39, 0.29) is 18.0 Å². The van der Waals surface area contributed by atoms with Gasteiger partial charge in [0, 0.05) is 35.1 Å². The standard InChI is InChI=1S/C21H25NO3S/c1-14-10-16(13-23)4-9-20(14)17-5-7-18(8-6-17)21-12-19(25-22-21)11-15(2)26(3)24/h4-10,15,19,23H,11-13H2,1-3H3. The third-order valence-electron chi connectivity index (χ3n) is 4.90. The van der Waals surface area contributed by atoms with Crippen molar-refractivity contribution in [3.63, 3.8) is 0 Å². The number of oxime groups is 1. The number of aryl methyl sites for hydroxylation is 1. The summed E-state index contributed by atoms with van der Waals surface area (Å²) in [7, 11) is -0.838. The zero-order valence-electron chi connectivity index (χ0n) is 15.4. The van der Waals surface area contributed by atoms with Crippen molar-refractivity contribution < 1.29 is 14.2 Å².